The summed E-state index contributed by atoms with van der Waals surface area (Å²) in [6, 6.07) is 15.8. The van der Waals surface area contributed by atoms with Crippen LogP contribution in [0.15, 0.2) is 70.2 Å². The first kappa shape index (κ1) is 17.2. The zero-order chi connectivity index (χ0) is 17.6. The summed E-state index contributed by atoms with van der Waals surface area (Å²) in [5, 5.41) is 2.64. The molecule has 0 unspecified atom stereocenters. The molecular formula is C18H14F2N2O2S. The van der Waals surface area contributed by atoms with Crippen LogP contribution in [0, 0.1) is 0 Å². The first-order valence-electron chi connectivity index (χ1n) is 7.45. The van der Waals surface area contributed by atoms with Crippen molar-refractivity contribution >= 4 is 23.4 Å². The Morgan fingerprint density at radius 2 is 1.84 bits per heavy atom. The number of hydrogen-bond donors (Lipinski definition) is 1. The second kappa shape index (κ2) is 7.94. The van der Waals surface area contributed by atoms with E-state index in [0.717, 1.165) is 5.56 Å². The molecule has 0 radical (unpaired) electrons. The normalized spacial score (nSPS) is 10.8. The Balaban J connectivity index is 1.67. The number of carbonyl (C=O) groups is 1. The number of thioether (sulfide) groups is 1. The van der Waals surface area contributed by atoms with Gasteiger partial charge in [0.25, 0.3) is 5.76 Å². The number of halogens is 2. The summed E-state index contributed by atoms with van der Waals surface area (Å²) in [4.78, 5) is 16.8. The molecule has 1 aromatic heterocycles. The third-order valence-electron chi connectivity index (χ3n) is 3.29. The molecule has 0 fully saturated rings. The van der Waals surface area contributed by atoms with Gasteiger partial charge in [0.2, 0.25) is 11.8 Å². The van der Waals surface area contributed by atoms with Crippen LogP contribution < -0.4 is 5.32 Å². The van der Waals surface area contributed by atoms with Crippen molar-refractivity contribution in [1.82, 2.24) is 4.98 Å². The highest BCUT2D eigenvalue weighted by molar-refractivity contribution is 7.99. The number of nitrogens with zero attached hydrogens (tertiary/aromatic N) is 1. The van der Waals surface area contributed by atoms with Gasteiger partial charge in [0.05, 0.1) is 17.8 Å². The van der Waals surface area contributed by atoms with Crippen molar-refractivity contribution in [2.24, 2.45) is 0 Å². The molecule has 1 N–H and O–H groups in total. The third kappa shape index (κ3) is 4.67. The highest BCUT2D eigenvalue weighted by atomic mass is 32.2. The number of amides is 1. The first-order valence-corrected chi connectivity index (χ1v) is 8.33. The van der Waals surface area contributed by atoms with Crippen molar-refractivity contribution in [2.45, 2.75) is 17.1 Å². The van der Waals surface area contributed by atoms with E-state index in [1.807, 2.05) is 30.3 Å². The first-order chi connectivity index (χ1) is 12.1. The second-order valence-corrected chi connectivity index (χ2v) is 6.14. The van der Waals surface area contributed by atoms with E-state index >= 15 is 0 Å². The van der Waals surface area contributed by atoms with Crippen molar-refractivity contribution in [3.8, 4) is 11.5 Å². The molecule has 0 saturated carbocycles. The Kier molecular flexibility index (Phi) is 5.45. The van der Waals surface area contributed by atoms with Gasteiger partial charge in [-0.05, 0) is 24.3 Å². The minimum absolute atomic E-state index is 0.00991. The van der Waals surface area contributed by atoms with Crippen molar-refractivity contribution in [3.63, 3.8) is 0 Å². The summed E-state index contributed by atoms with van der Waals surface area (Å²) in [5.74, 6) is -2.48. The van der Waals surface area contributed by atoms with Gasteiger partial charge < -0.3 is 9.73 Å². The van der Waals surface area contributed by atoms with Gasteiger partial charge in [0.15, 0.2) is 0 Å². The van der Waals surface area contributed by atoms with Crippen LogP contribution in [-0.4, -0.2) is 16.6 Å². The zero-order valence-electron chi connectivity index (χ0n) is 13.0. The van der Waals surface area contributed by atoms with Crippen LogP contribution in [0.25, 0.3) is 11.5 Å². The third-order valence-corrected chi connectivity index (χ3v) is 4.08. The van der Waals surface area contributed by atoms with E-state index < -0.39 is 5.76 Å². The summed E-state index contributed by atoms with van der Waals surface area (Å²) in [5.41, 5.74) is 1.63. The molecule has 3 rings (SSSR count). The van der Waals surface area contributed by atoms with Gasteiger partial charge in [-0.3, -0.25) is 4.79 Å². The van der Waals surface area contributed by atoms with Crippen molar-refractivity contribution < 1.29 is 18.0 Å². The summed E-state index contributed by atoms with van der Waals surface area (Å²) in [6.45, 7) is 0. The fourth-order valence-electron chi connectivity index (χ4n) is 2.23. The molecule has 4 nitrogen and oxygen atoms in total. The number of alkyl halides is 2. The molecule has 3 aromatic rings. The lowest BCUT2D eigenvalue weighted by molar-refractivity contribution is -0.115. The highest BCUT2D eigenvalue weighted by Crippen LogP contribution is 2.31. The highest BCUT2D eigenvalue weighted by Gasteiger charge is 2.14. The van der Waals surface area contributed by atoms with Gasteiger partial charge in [-0.2, -0.15) is 8.78 Å². The lowest BCUT2D eigenvalue weighted by atomic mass is 10.2. The molecule has 128 valence electrons. The lowest BCUT2D eigenvalue weighted by Crippen LogP contribution is -2.15. The standard InChI is InChI=1S/C18H14F2N2O2S/c19-18(20)25-15-9-5-4-8-14(15)22-16(23)10-13-11-24-17(21-13)12-6-2-1-3-7-12/h1-9,11,18H,10H2,(H,22,23). The Morgan fingerprint density at radius 1 is 1.12 bits per heavy atom. The molecule has 0 aliphatic carbocycles. The number of rotatable bonds is 6. The van der Waals surface area contributed by atoms with E-state index in [-0.39, 0.29) is 12.3 Å². The molecule has 7 heteroatoms. The molecule has 0 aliphatic heterocycles. The number of hydrogen-bond acceptors (Lipinski definition) is 4. The van der Waals surface area contributed by atoms with Crippen molar-refractivity contribution in [1.29, 1.82) is 0 Å². The molecular weight excluding hydrogens is 346 g/mol. The molecule has 0 atom stereocenters. The number of benzene rings is 2. The van der Waals surface area contributed by atoms with E-state index in [1.54, 1.807) is 18.2 Å². The van der Waals surface area contributed by atoms with Crippen LogP contribution in [0.4, 0.5) is 14.5 Å². The van der Waals surface area contributed by atoms with Gasteiger partial charge in [0.1, 0.15) is 6.26 Å². The molecule has 0 spiro atoms. The van der Waals surface area contributed by atoms with E-state index in [4.69, 9.17) is 4.42 Å². The molecule has 1 heterocycles. The van der Waals surface area contributed by atoms with E-state index in [1.165, 1.54) is 12.3 Å². The maximum Gasteiger partial charge on any atom is 0.288 e. The second-order valence-electron chi connectivity index (χ2n) is 5.11. The maximum absolute atomic E-state index is 12.6. The predicted molar refractivity (Wildman–Crippen MR) is 92.6 cm³/mol. The Labute approximate surface area is 147 Å². The van der Waals surface area contributed by atoms with Crippen molar-refractivity contribution in [3.05, 3.63) is 66.6 Å². The van der Waals surface area contributed by atoms with Crippen LogP contribution in [0.1, 0.15) is 5.69 Å². The number of aromatic nitrogens is 1. The average Bonchev–Trinajstić information content (AvgIpc) is 3.05. The molecule has 0 saturated heterocycles. The fourth-order valence-corrected chi connectivity index (χ4v) is 2.82. The van der Waals surface area contributed by atoms with E-state index in [0.29, 0.717) is 33.9 Å². The van der Waals surface area contributed by atoms with Crippen LogP contribution in [0.5, 0.6) is 0 Å². The summed E-state index contributed by atoms with van der Waals surface area (Å²) >= 11 is 0.393. The van der Waals surface area contributed by atoms with Gasteiger partial charge in [-0.15, -0.1) is 0 Å². The SMILES string of the molecule is O=C(Cc1coc(-c2ccccc2)n1)Nc1ccccc1SC(F)F. The lowest BCUT2D eigenvalue weighted by Gasteiger charge is -2.09. The summed E-state index contributed by atoms with van der Waals surface area (Å²) in [6.07, 6.45) is 1.41. The number of oxazole rings is 1. The monoisotopic (exact) mass is 360 g/mol. The quantitative estimate of drug-likeness (QED) is 0.639. The van der Waals surface area contributed by atoms with Crippen LogP contribution >= 0.6 is 11.8 Å². The maximum atomic E-state index is 12.6. The molecule has 2 aromatic carbocycles. The molecule has 25 heavy (non-hydrogen) atoms. The Morgan fingerprint density at radius 3 is 2.60 bits per heavy atom. The Bertz CT molecular complexity index is 853. The van der Waals surface area contributed by atoms with Gasteiger partial charge in [0, 0.05) is 10.5 Å². The Hall–Kier alpha value is -2.67. The smallest absolute Gasteiger partial charge is 0.288 e. The van der Waals surface area contributed by atoms with E-state index in [2.05, 4.69) is 10.3 Å². The number of para-hydroxylation sites is 1. The van der Waals surface area contributed by atoms with Gasteiger partial charge >= 0.3 is 0 Å². The van der Waals surface area contributed by atoms with Gasteiger partial charge in [-0.25, -0.2) is 4.98 Å². The number of anilines is 1. The van der Waals surface area contributed by atoms with Crippen LogP contribution in [0.2, 0.25) is 0 Å². The van der Waals surface area contributed by atoms with E-state index in [9.17, 15) is 13.6 Å². The fraction of sp³-hybridized carbons (Fsp3) is 0.111. The van der Waals surface area contributed by atoms with Crippen LogP contribution in [-0.2, 0) is 11.2 Å². The zero-order valence-corrected chi connectivity index (χ0v) is 13.8. The van der Waals surface area contributed by atoms with Crippen LogP contribution in [0.3, 0.4) is 0 Å². The average molecular weight is 360 g/mol. The number of nitrogens with one attached hydrogen (secondary N) is 1. The molecule has 1 amide bonds. The minimum Gasteiger partial charge on any atom is -0.444 e. The topological polar surface area (TPSA) is 55.1 Å². The largest absolute Gasteiger partial charge is 0.444 e. The summed E-state index contributed by atoms with van der Waals surface area (Å²) < 4.78 is 30.5. The predicted octanol–water partition coefficient (Wildman–Crippen LogP) is 4.84. The molecule has 0 bridgehead atoms. The number of carbonyl (C=O) groups excluding carboxylic acids is 1. The summed E-state index contributed by atoms with van der Waals surface area (Å²) in [7, 11) is 0. The molecule has 0 aliphatic rings. The minimum atomic E-state index is -2.55. The van der Waals surface area contributed by atoms with Gasteiger partial charge in [-0.1, -0.05) is 42.1 Å². The van der Waals surface area contributed by atoms with Crippen molar-refractivity contribution in [2.75, 3.05) is 5.32 Å².